The summed E-state index contributed by atoms with van der Waals surface area (Å²) in [4.78, 5) is 28.2. The Hall–Kier alpha value is -3.24. The highest BCUT2D eigenvalue weighted by molar-refractivity contribution is 8.05. The van der Waals surface area contributed by atoms with Gasteiger partial charge >= 0.3 is 0 Å². The predicted octanol–water partition coefficient (Wildman–Crippen LogP) is 6.37. The van der Waals surface area contributed by atoms with Gasteiger partial charge in [0, 0.05) is 5.69 Å². The Bertz CT molecular complexity index is 1340. The Morgan fingerprint density at radius 2 is 1.76 bits per heavy atom. The number of nitrogens with zero attached hydrogens (tertiary/aromatic N) is 2. The van der Waals surface area contributed by atoms with Gasteiger partial charge in [-0.2, -0.15) is 5.26 Å². The number of carbonyl (C=O) groups is 2. The number of benzene rings is 3. The van der Waals surface area contributed by atoms with Crippen LogP contribution >= 0.6 is 35.0 Å². The number of anilines is 2. The van der Waals surface area contributed by atoms with Crippen molar-refractivity contribution in [2.45, 2.75) is 18.6 Å². The van der Waals surface area contributed by atoms with Crippen LogP contribution in [0.15, 0.2) is 83.4 Å². The van der Waals surface area contributed by atoms with Crippen LogP contribution in [0.5, 0.6) is 0 Å². The zero-order valence-corrected chi connectivity index (χ0v) is 20.4. The molecule has 0 aliphatic carbocycles. The van der Waals surface area contributed by atoms with Gasteiger partial charge in [-0.1, -0.05) is 83.5 Å². The number of aryl methyl sites for hydroxylation is 1. The molecule has 3 aromatic rings. The van der Waals surface area contributed by atoms with Gasteiger partial charge in [-0.25, -0.2) is 0 Å². The summed E-state index contributed by atoms with van der Waals surface area (Å²) in [6, 6.07) is 23.5. The van der Waals surface area contributed by atoms with Gasteiger partial charge in [-0.3, -0.25) is 14.5 Å². The first kappa shape index (κ1) is 23.9. The van der Waals surface area contributed by atoms with E-state index in [2.05, 4.69) is 5.32 Å². The Kier molecular flexibility index (Phi) is 7.28. The van der Waals surface area contributed by atoms with Gasteiger partial charge < -0.3 is 5.32 Å². The summed E-state index contributed by atoms with van der Waals surface area (Å²) in [5.74, 6) is -0.811. The number of hydrogen-bond donors (Lipinski definition) is 1. The van der Waals surface area contributed by atoms with E-state index in [-0.39, 0.29) is 11.5 Å². The third-order valence-electron chi connectivity index (χ3n) is 5.33. The van der Waals surface area contributed by atoms with Crippen LogP contribution < -0.4 is 10.2 Å². The number of carbonyl (C=O) groups excluding carboxylic acids is 2. The fourth-order valence-electron chi connectivity index (χ4n) is 3.64. The second kappa shape index (κ2) is 10.4. The van der Waals surface area contributed by atoms with Crippen LogP contribution in [0.3, 0.4) is 0 Å². The number of nitrogens with one attached hydrogen (secondary N) is 1. The van der Waals surface area contributed by atoms with E-state index in [1.54, 1.807) is 42.5 Å². The lowest BCUT2D eigenvalue weighted by Gasteiger charge is -2.20. The average Bonchev–Trinajstić information content (AvgIpc) is 3.14. The summed E-state index contributed by atoms with van der Waals surface area (Å²) in [5, 5.41) is 13.2. The zero-order chi connectivity index (χ0) is 24.2. The molecule has 1 aliphatic rings. The summed E-state index contributed by atoms with van der Waals surface area (Å²) < 4.78 is 0. The monoisotopic (exact) mass is 507 g/mol. The lowest BCUT2D eigenvalue weighted by molar-refractivity contribution is -0.117. The maximum Gasteiger partial charge on any atom is 0.269 e. The Labute approximate surface area is 212 Å². The van der Waals surface area contributed by atoms with Crippen LogP contribution in [-0.2, 0) is 16.0 Å². The number of halogens is 2. The van der Waals surface area contributed by atoms with Crippen molar-refractivity contribution in [3.8, 4) is 6.07 Å². The van der Waals surface area contributed by atoms with E-state index in [0.717, 1.165) is 11.1 Å². The lowest BCUT2D eigenvalue weighted by atomic mass is 10.1. The van der Waals surface area contributed by atoms with Crippen molar-refractivity contribution in [1.29, 1.82) is 5.26 Å². The molecule has 1 heterocycles. The summed E-state index contributed by atoms with van der Waals surface area (Å²) in [7, 11) is 0. The van der Waals surface area contributed by atoms with Gasteiger partial charge in [0.05, 0.1) is 21.0 Å². The number of hydrogen-bond acceptors (Lipinski definition) is 4. The molecule has 170 valence electrons. The molecule has 0 saturated carbocycles. The molecule has 1 atom stereocenters. The molecule has 4 rings (SSSR count). The molecule has 0 bridgehead atoms. The number of amides is 2. The standard InChI is InChI=1S/C26H19Cl2N3O2S/c1-16-8-5-6-13-21(16)31-25(33)22(14-17-9-7-12-20(27)23(17)28)34-26(31)19(15-29)24(32)30-18-10-3-2-4-11-18/h2-13,22H,14H2,1H3,(H,30,32)/b26-19-/t22-/m1/s1. The van der Waals surface area contributed by atoms with Gasteiger partial charge in [0.1, 0.15) is 16.7 Å². The minimum absolute atomic E-state index is 0.134. The fraction of sp³-hybridized carbons (Fsp3) is 0.115. The van der Waals surface area contributed by atoms with Crippen LogP contribution in [-0.4, -0.2) is 17.1 Å². The molecule has 1 saturated heterocycles. The maximum absolute atomic E-state index is 13.6. The van der Waals surface area contributed by atoms with E-state index in [9.17, 15) is 14.9 Å². The summed E-state index contributed by atoms with van der Waals surface area (Å²) in [6.45, 7) is 1.88. The van der Waals surface area contributed by atoms with Crippen molar-refractivity contribution in [3.63, 3.8) is 0 Å². The van der Waals surface area contributed by atoms with Crippen LogP contribution in [0, 0.1) is 18.3 Å². The highest BCUT2D eigenvalue weighted by Gasteiger charge is 2.41. The molecule has 8 heteroatoms. The largest absolute Gasteiger partial charge is 0.321 e. The number of para-hydroxylation sites is 2. The Morgan fingerprint density at radius 3 is 2.47 bits per heavy atom. The van der Waals surface area contributed by atoms with Crippen molar-refractivity contribution < 1.29 is 9.59 Å². The third kappa shape index (κ3) is 4.83. The Balaban J connectivity index is 1.77. The first-order valence-electron chi connectivity index (χ1n) is 10.4. The minimum Gasteiger partial charge on any atom is -0.321 e. The van der Waals surface area contributed by atoms with Gasteiger partial charge in [0.2, 0.25) is 5.91 Å². The molecular formula is C26H19Cl2N3O2S. The second-order valence-electron chi connectivity index (χ2n) is 7.60. The quantitative estimate of drug-likeness (QED) is 0.321. The lowest BCUT2D eigenvalue weighted by Crippen LogP contribution is -2.31. The number of nitriles is 1. The molecule has 0 spiro atoms. The van der Waals surface area contributed by atoms with Gasteiger partial charge in [-0.15, -0.1) is 0 Å². The van der Waals surface area contributed by atoms with E-state index >= 15 is 0 Å². The molecule has 0 aromatic heterocycles. The SMILES string of the molecule is Cc1ccccc1N1C(=O)[C@@H](Cc2cccc(Cl)c2Cl)S/C1=C(/C#N)C(=O)Nc1ccccc1. The number of rotatable bonds is 5. The van der Waals surface area contributed by atoms with E-state index in [0.29, 0.717) is 32.9 Å². The first-order chi connectivity index (χ1) is 16.4. The predicted molar refractivity (Wildman–Crippen MR) is 138 cm³/mol. The van der Waals surface area contributed by atoms with E-state index in [4.69, 9.17) is 23.2 Å². The van der Waals surface area contributed by atoms with E-state index < -0.39 is 11.2 Å². The van der Waals surface area contributed by atoms with Crippen LogP contribution in [0.4, 0.5) is 11.4 Å². The van der Waals surface area contributed by atoms with Gasteiger partial charge in [0.25, 0.3) is 5.91 Å². The summed E-state index contributed by atoms with van der Waals surface area (Å²) in [6.07, 6.45) is 0.299. The molecule has 0 radical (unpaired) electrons. The topological polar surface area (TPSA) is 73.2 Å². The molecular weight excluding hydrogens is 489 g/mol. The van der Waals surface area contributed by atoms with Gasteiger partial charge in [-0.05, 0) is 48.7 Å². The maximum atomic E-state index is 13.6. The minimum atomic E-state index is -0.585. The highest BCUT2D eigenvalue weighted by Crippen LogP contribution is 2.43. The summed E-state index contributed by atoms with van der Waals surface area (Å²) >= 11 is 13.7. The first-order valence-corrected chi connectivity index (χ1v) is 12.0. The van der Waals surface area contributed by atoms with Crippen molar-refractivity contribution in [2.24, 2.45) is 0 Å². The van der Waals surface area contributed by atoms with Crippen LogP contribution in [0.2, 0.25) is 10.0 Å². The molecule has 34 heavy (non-hydrogen) atoms. The third-order valence-corrected chi connectivity index (χ3v) is 7.45. The normalized spacial score (nSPS) is 16.8. The van der Waals surface area contributed by atoms with Crippen LogP contribution in [0.25, 0.3) is 0 Å². The highest BCUT2D eigenvalue weighted by atomic mass is 35.5. The number of thioether (sulfide) groups is 1. The molecule has 0 unspecified atom stereocenters. The molecule has 3 aromatic carbocycles. The van der Waals surface area contributed by atoms with E-state index in [1.165, 1.54) is 16.7 Å². The molecule has 2 amide bonds. The fourth-order valence-corrected chi connectivity index (χ4v) is 5.33. The smallest absolute Gasteiger partial charge is 0.269 e. The van der Waals surface area contributed by atoms with Crippen molar-refractivity contribution in [3.05, 3.63) is 105 Å². The second-order valence-corrected chi connectivity index (χ2v) is 9.57. The molecule has 1 fully saturated rings. The van der Waals surface area contributed by atoms with Crippen molar-refractivity contribution in [2.75, 3.05) is 10.2 Å². The Morgan fingerprint density at radius 1 is 1.06 bits per heavy atom. The van der Waals surface area contributed by atoms with Gasteiger partial charge in [0.15, 0.2) is 0 Å². The average molecular weight is 508 g/mol. The van der Waals surface area contributed by atoms with Crippen molar-refractivity contribution in [1.82, 2.24) is 0 Å². The van der Waals surface area contributed by atoms with Crippen molar-refractivity contribution >= 4 is 58.2 Å². The molecule has 1 N–H and O–H groups in total. The molecule has 1 aliphatic heterocycles. The zero-order valence-electron chi connectivity index (χ0n) is 18.1. The van der Waals surface area contributed by atoms with Crippen LogP contribution in [0.1, 0.15) is 11.1 Å². The summed E-state index contributed by atoms with van der Waals surface area (Å²) in [5.41, 5.74) is 2.61. The van der Waals surface area contributed by atoms with E-state index in [1.807, 2.05) is 43.3 Å². The molecule has 5 nitrogen and oxygen atoms in total.